The van der Waals surface area contributed by atoms with E-state index < -0.39 is 10.0 Å². The van der Waals surface area contributed by atoms with Crippen LogP contribution in [0.1, 0.15) is 19.8 Å². The van der Waals surface area contributed by atoms with E-state index >= 15 is 0 Å². The maximum Gasteiger partial charge on any atom is 0.211 e. The molecule has 1 saturated heterocycles. The smallest absolute Gasteiger partial charge is 0.211 e. The third kappa shape index (κ3) is 6.35. The summed E-state index contributed by atoms with van der Waals surface area (Å²) in [5.41, 5.74) is 0. The predicted octanol–water partition coefficient (Wildman–Crippen LogP) is 0.188. The van der Waals surface area contributed by atoms with Crippen molar-refractivity contribution in [2.45, 2.75) is 19.8 Å². The quantitative estimate of drug-likeness (QED) is 0.689. The monoisotopic (exact) mass is 264 g/mol. The average Bonchev–Trinajstić information content (AvgIpc) is 2.28. The topological polar surface area (TPSA) is 67.4 Å². The number of nitrogens with one attached hydrogen (secondary N) is 2. The number of methoxy groups -OCH3 is 1. The van der Waals surface area contributed by atoms with Gasteiger partial charge in [-0.1, -0.05) is 6.92 Å². The molecule has 0 bridgehead atoms. The van der Waals surface area contributed by atoms with Crippen molar-refractivity contribution in [2.24, 2.45) is 11.8 Å². The Balaban J connectivity index is 2.29. The maximum atomic E-state index is 11.8. The number of hydrogen-bond acceptors (Lipinski definition) is 4. The zero-order chi connectivity index (χ0) is 12.7. The molecule has 1 aliphatic heterocycles. The lowest BCUT2D eigenvalue weighted by atomic mass is 10.0. The molecule has 0 aliphatic carbocycles. The van der Waals surface area contributed by atoms with Crippen LogP contribution in [-0.4, -0.2) is 47.5 Å². The number of hydrogen-bond donors (Lipinski definition) is 2. The largest absolute Gasteiger partial charge is 0.384 e. The highest BCUT2D eigenvalue weighted by atomic mass is 32.2. The van der Waals surface area contributed by atoms with E-state index in [-0.39, 0.29) is 17.6 Å². The second-order valence-corrected chi connectivity index (χ2v) is 6.75. The summed E-state index contributed by atoms with van der Waals surface area (Å²) >= 11 is 0. The normalized spacial score (nSPS) is 23.5. The molecule has 0 spiro atoms. The Morgan fingerprint density at radius 1 is 1.53 bits per heavy atom. The second kappa shape index (κ2) is 7.31. The number of piperidine rings is 1. The summed E-state index contributed by atoms with van der Waals surface area (Å²) in [6.07, 6.45) is 2.07. The van der Waals surface area contributed by atoms with Gasteiger partial charge in [-0.2, -0.15) is 0 Å². The van der Waals surface area contributed by atoms with Crippen molar-refractivity contribution in [1.82, 2.24) is 10.0 Å². The molecule has 5 nitrogen and oxygen atoms in total. The highest BCUT2D eigenvalue weighted by Gasteiger charge is 2.21. The molecule has 0 aromatic rings. The van der Waals surface area contributed by atoms with Gasteiger partial charge in [0.15, 0.2) is 0 Å². The van der Waals surface area contributed by atoms with Crippen LogP contribution in [0, 0.1) is 11.8 Å². The van der Waals surface area contributed by atoms with Gasteiger partial charge in [-0.25, -0.2) is 13.1 Å². The second-order valence-electron chi connectivity index (χ2n) is 4.90. The lowest BCUT2D eigenvalue weighted by molar-refractivity contribution is 0.161. The van der Waals surface area contributed by atoms with Gasteiger partial charge in [0.05, 0.1) is 5.75 Å². The molecule has 2 N–H and O–H groups in total. The van der Waals surface area contributed by atoms with Crippen molar-refractivity contribution < 1.29 is 13.2 Å². The Kier molecular flexibility index (Phi) is 6.40. The highest BCUT2D eigenvalue weighted by Crippen LogP contribution is 2.11. The lowest BCUT2D eigenvalue weighted by Crippen LogP contribution is -2.39. The SMILES string of the molecule is COCC(C)CNS(=O)(=O)CC1CCCNC1. The molecule has 1 aliphatic rings. The Morgan fingerprint density at radius 3 is 2.88 bits per heavy atom. The molecule has 6 heteroatoms. The molecular formula is C11H24N2O3S. The molecule has 1 heterocycles. The molecule has 0 aromatic carbocycles. The van der Waals surface area contributed by atoms with Crippen LogP contribution in [0.5, 0.6) is 0 Å². The summed E-state index contributed by atoms with van der Waals surface area (Å²) < 4.78 is 31.3. The van der Waals surface area contributed by atoms with Crippen molar-refractivity contribution in [3.8, 4) is 0 Å². The molecule has 0 aromatic heterocycles. The van der Waals surface area contributed by atoms with Gasteiger partial charge in [-0.05, 0) is 37.8 Å². The number of ether oxygens (including phenoxy) is 1. The molecule has 0 radical (unpaired) electrons. The van der Waals surface area contributed by atoms with Gasteiger partial charge in [0.25, 0.3) is 0 Å². The van der Waals surface area contributed by atoms with Gasteiger partial charge in [0.2, 0.25) is 10.0 Å². The molecular weight excluding hydrogens is 240 g/mol. The standard InChI is InChI=1S/C11H24N2O3S/c1-10(8-16-2)6-13-17(14,15)9-11-4-3-5-12-7-11/h10-13H,3-9H2,1-2H3. The molecule has 0 amide bonds. The van der Waals surface area contributed by atoms with Crippen LogP contribution >= 0.6 is 0 Å². The van der Waals surface area contributed by atoms with Crippen molar-refractivity contribution >= 4 is 10.0 Å². The molecule has 102 valence electrons. The van der Waals surface area contributed by atoms with Gasteiger partial charge in [0.1, 0.15) is 0 Å². The van der Waals surface area contributed by atoms with E-state index in [2.05, 4.69) is 10.0 Å². The van der Waals surface area contributed by atoms with E-state index in [4.69, 9.17) is 4.74 Å². The molecule has 2 atom stereocenters. The summed E-state index contributed by atoms with van der Waals surface area (Å²) in [4.78, 5) is 0. The van der Waals surface area contributed by atoms with Crippen LogP contribution < -0.4 is 10.0 Å². The maximum absolute atomic E-state index is 11.8. The van der Waals surface area contributed by atoms with Crippen LogP contribution in [0.15, 0.2) is 0 Å². The fraction of sp³-hybridized carbons (Fsp3) is 1.00. The Morgan fingerprint density at radius 2 is 2.29 bits per heavy atom. The van der Waals surface area contributed by atoms with Gasteiger partial charge in [-0.3, -0.25) is 0 Å². The zero-order valence-corrected chi connectivity index (χ0v) is 11.6. The zero-order valence-electron chi connectivity index (χ0n) is 10.7. The van der Waals surface area contributed by atoms with E-state index in [1.165, 1.54) is 0 Å². The fourth-order valence-corrected chi connectivity index (χ4v) is 3.61. The van der Waals surface area contributed by atoms with Crippen LogP contribution in [0.3, 0.4) is 0 Å². The number of sulfonamides is 1. The van der Waals surface area contributed by atoms with Crippen molar-refractivity contribution in [3.63, 3.8) is 0 Å². The van der Waals surface area contributed by atoms with Gasteiger partial charge < -0.3 is 10.1 Å². The predicted molar refractivity (Wildman–Crippen MR) is 68.4 cm³/mol. The highest BCUT2D eigenvalue weighted by molar-refractivity contribution is 7.89. The Bertz CT molecular complexity index is 300. The van der Waals surface area contributed by atoms with E-state index in [0.717, 1.165) is 25.9 Å². The minimum absolute atomic E-state index is 0.208. The van der Waals surface area contributed by atoms with Crippen LogP contribution in [0.25, 0.3) is 0 Å². The van der Waals surface area contributed by atoms with E-state index in [1.54, 1.807) is 7.11 Å². The lowest BCUT2D eigenvalue weighted by Gasteiger charge is -2.22. The number of rotatable bonds is 7. The third-order valence-corrected chi connectivity index (χ3v) is 4.47. The summed E-state index contributed by atoms with van der Waals surface area (Å²) in [6.45, 7) is 4.82. The van der Waals surface area contributed by atoms with Crippen LogP contribution in [0.2, 0.25) is 0 Å². The Hall–Kier alpha value is -0.170. The summed E-state index contributed by atoms with van der Waals surface area (Å²) in [5, 5.41) is 3.23. The molecule has 0 saturated carbocycles. The minimum Gasteiger partial charge on any atom is -0.384 e. The minimum atomic E-state index is -3.14. The summed E-state index contributed by atoms with van der Waals surface area (Å²) in [5.74, 6) is 0.693. The first kappa shape index (κ1) is 14.9. The van der Waals surface area contributed by atoms with Crippen LogP contribution in [0.4, 0.5) is 0 Å². The van der Waals surface area contributed by atoms with Gasteiger partial charge >= 0.3 is 0 Å². The van der Waals surface area contributed by atoms with Gasteiger partial charge in [0, 0.05) is 20.3 Å². The van der Waals surface area contributed by atoms with Crippen LogP contribution in [-0.2, 0) is 14.8 Å². The van der Waals surface area contributed by atoms with E-state index in [0.29, 0.717) is 13.2 Å². The average molecular weight is 264 g/mol. The molecule has 1 rings (SSSR count). The third-order valence-electron chi connectivity index (χ3n) is 2.96. The first-order chi connectivity index (χ1) is 8.03. The van der Waals surface area contributed by atoms with E-state index in [1.807, 2.05) is 6.92 Å². The molecule has 17 heavy (non-hydrogen) atoms. The van der Waals surface area contributed by atoms with Crippen molar-refractivity contribution in [2.75, 3.05) is 39.1 Å². The summed E-state index contributed by atoms with van der Waals surface area (Å²) in [6, 6.07) is 0. The first-order valence-corrected chi connectivity index (χ1v) is 7.85. The van der Waals surface area contributed by atoms with Gasteiger partial charge in [-0.15, -0.1) is 0 Å². The summed E-state index contributed by atoms with van der Waals surface area (Å²) in [7, 11) is -1.52. The van der Waals surface area contributed by atoms with E-state index in [9.17, 15) is 8.42 Å². The van der Waals surface area contributed by atoms with Crippen molar-refractivity contribution in [3.05, 3.63) is 0 Å². The van der Waals surface area contributed by atoms with Crippen molar-refractivity contribution in [1.29, 1.82) is 0 Å². The fourth-order valence-electron chi connectivity index (χ4n) is 2.05. The molecule has 1 fully saturated rings. The molecule has 2 unspecified atom stereocenters. The Labute approximate surface area is 104 Å². The first-order valence-electron chi connectivity index (χ1n) is 6.20.